The Balaban J connectivity index is 2.02. The molecule has 0 aliphatic heterocycles. The number of nitrogens with two attached hydrogens (primary N) is 1. The largest absolute Gasteiger partial charge is 0.385 e. The molecule has 1 atom stereocenters. The van der Waals surface area contributed by atoms with Gasteiger partial charge >= 0.3 is 0 Å². The van der Waals surface area contributed by atoms with Crippen molar-refractivity contribution < 1.29 is 4.74 Å². The smallest absolute Gasteiger partial charge is 0.0462 e. The second-order valence-electron chi connectivity index (χ2n) is 5.00. The van der Waals surface area contributed by atoms with Gasteiger partial charge in [0.25, 0.3) is 0 Å². The predicted molar refractivity (Wildman–Crippen MR) is 71.1 cm³/mol. The number of ether oxygens (including phenoxy) is 1. The van der Waals surface area contributed by atoms with Crippen LogP contribution < -0.4 is 5.73 Å². The van der Waals surface area contributed by atoms with Crippen molar-refractivity contribution in [3.05, 3.63) is 35.4 Å². The molecule has 94 valence electrons. The molecule has 1 aromatic carbocycles. The fourth-order valence-electron chi connectivity index (χ4n) is 2.54. The Morgan fingerprint density at radius 3 is 2.76 bits per heavy atom. The molecule has 17 heavy (non-hydrogen) atoms. The predicted octanol–water partition coefficient (Wildman–Crippen LogP) is 3.38. The van der Waals surface area contributed by atoms with Gasteiger partial charge in [-0.1, -0.05) is 30.7 Å². The summed E-state index contributed by atoms with van der Waals surface area (Å²) in [6.45, 7) is 0.805. The first-order chi connectivity index (χ1) is 8.33. The van der Waals surface area contributed by atoms with E-state index >= 15 is 0 Å². The standard InChI is InChI=1S/C15H23NO/c1-17-11-5-10-15(16)14-9-3-2-8-13(14)12-6-4-7-12/h2-3,8-9,12,15H,4-7,10-11,16H2,1H3. The molecule has 0 bridgehead atoms. The molecule has 0 heterocycles. The Morgan fingerprint density at radius 2 is 2.12 bits per heavy atom. The van der Waals surface area contributed by atoms with Gasteiger partial charge in [-0.3, -0.25) is 0 Å². The summed E-state index contributed by atoms with van der Waals surface area (Å²) in [4.78, 5) is 0. The number of hydrogen-bond acceptors (Lipinski definition) is 2. The van der Waals surface area contributed by atoms with E-state index < -0.39 is 0 Å². The Bertz CT molecular complexity index is 347. The lowest BCUT2D eigenvalue weighted by molar-refractivity contribution is 0.190. The molecule has 1 saturated carbocycles. The first-order valence-corrected chi connectivity index (χ1v) is 6.66. The number of methoxy groups -OCH3 is 1. The van der Waals surface area contributed by atoms with E-state index in [4.69, 9.17) is 10.5 Å². The maximum Gasteiger partial charge on any atom is 0.0462 e. The summed E-state index contributed by atoms with van der Waals surface area (Å²) in [5, 5.41) is 0. The van der Waals surface area contributed by atoms with Crippen LogP contribution in [0, 0.1) is 0 Å². The van der Waals surface area contributed by atoms with Crippen LogP contribution in [0.2, 0.25) is 0 Å². The topological polar surface area (TPSA) is 35.2 Å². The number of hydrogen-bond donors (Lipinski definition) is 1. The Morgan fingerprint density at radius 1 is 1.35 bits per heavy atom. The first-order valence-electron chi connectivity index (χ1n) is 6.66. The summed E-state index contributed by atoms with van der Waals surface area (Å²) in [6, 6.07) is 8.87. The Labute approximate surface area is 104 Å². The zero-order valence-corrected chi connectivity index (χ0v) is 10.7. The maximum atomic E-state index is 6.30. The van der Waals surface area contributed by atoms with Crippen LogP contribution in [0.4, 0.5) is 0 Å². The molecule has 0 radical (unpaired) electrons. The molecule has 1 aromatic rings. The van der Waals surface area contributed by atoms with E-state index in [1.807, 2.05) is 0 Å². The lowest BCUT2D eigenvalue weighted by atomic mass is 9.77. The van der Waals surface area contributed by atoms with E-state index in [2.05, 4.69) is 24.3 Å². The van der Waals surface area contributed by atoms with Crippen molar-refractivity contribution in [2.45, 2.75) is 44.1 Å². The van der Waals surface area contributed by atoms with Gasteiger partial charge in [-0.25, -0.2) is 0 Å². The molecule has 2 N–H and O–H groups in total. The van der Waals surface area contributed by atoms with Crippen molar-refractivity contribution in [3.63, 3.8) is 0 Å². The molecule has 0 saturated heterocycles. The minimum atomic E-state index is 0.168. The summed E-state index contributed by atoms with van der Waals surface area (Å²) in [5.74, 6) is 0.764. The highest BCUT2D eigenvalue weighted by Crippen LogP contribution is 2.39. The van der Waals surface area contributed by atoms with E-state index in [-0.39, 0.29) is 6.04 Å². The number of benzene rings is 1. The molecule has 1 aliphatic carbocycles. The van der Waals surface area contributed by atoms with Crippen LogP contribution in [0.5, 0.6) is 0 Å². The average molecular weight is 233 g/mol. The molecule has 0 aromatic heterocycles. The van der Waals surface area contributed by atoms with Crippen molar-refractivity contribution in [2.75, 3.05) is 13.7 Å². The minimum Gasteiger partial charge on any atom is -0.385 e. The molecule has 2 rings (SSSR count). The molecule has 0 spiro atoms. The second-order valence-corrected chi connectivity index (χ2v) is 5.00. The fourth-order valence-corrected chi connectivity index (χ4v) is 2.54. The zero-order chi connectivity index (χ0) is 12.1. The van der Waals surface area contributed by atoms with Gasteiger partial charge < -0.3 is 10.5 Å². The Hall–Kier alpha value is -0.860. The summed E-state index contributed by atoms with van der Waals surface area (Å²) in [6.07, 6.45) is 6.09. The van der Waals surface area contributed by atoms with Gasteiger partial charge in [-0.05, 0) is 42.7 Å². The van der Waals surface area contributed by atoms with Crippen LogP contribution in [0.25, 0.3) is 0 Å². The molecule has 0 amide bonds. The summed E-state index contributed by atoms with van der Waals surface area (Å²) < 4.78 is 5.08. The quantitative estimate of drug-likeness (QED) is 0.764. The van der Waals surface area contributed by atoms with Crippen molar-refractivity contribution in [1.29, 1.82) is 0 Å². The normalized spacial score (nSPS) is 17.8. The molecule has 2 heteroatoms. The molecule has 2 nitrogen and oxygen atoms in total. The molecular formula is C15H23NO. The lowest BCUT2D eigenvalue weighted by Gasteiger charge is -2.29. The molecule has 1 unspecified atom stereocenters. The Kier molecular flexibility index (Phi) is 4.57. The van der Waals surface area contributed by atoms with E-state index in [1.165, 1.54) is 30.4 Å². The van der Waals surface area contributed by atoms with E-state index in [0.717, 1.165) is 25.4 Å². The van der Waals surface area contributed by atoms with E-state index in [1.54, 1.807) is 7.11 Å². The summed E-state index contributed by atoms with van der Waals surface area (Å²) in [7, 11) is 1.74. The van der Waals surface area contributed by atoms with Crippen molar-refractivity contribution >= 4 is 0 Å². The first kappa shape index (κ1) is 12.6. The van der Waals surface area contributed by atoms with Crippen LogP contribution in [0.15, 0.2) is 24.3 Å². The highest BCUT2D eigenvalue weighted by molar-refractivity contribution is 5.33. The molecular weight excluding hydrogens is 210 g/mol. The third-order valence-corrected chi connectivity index (χ3v) is 3.80. The van der Waals surface area contributed by atoms with Crippen molar-refractivity contribution in [2.24, 2.45) is 5.73 Å². The third-order valence-electron chi connectivity index (χ3n) is 3.80. The van der Waals surface area contributed by atoms with Crippen LogP contribution in [-0.2, 0) is 4.74 Å². The monoisotopic (exact) mass is 233 g/mol. The van der Waals surface area contributed by atoms with Gasteiger partial charge in [0.05, 0.1) is 0 Å². The van der Waals surface area contributed by atoms with Gasteiger partial charge in [0.2, 0.25) is 0 Å². The molecule has 1 aliphatic rings. The van der Waals surface area contributed by atoms with Crippen LogP contribution in [0.1, 0.15) is 55.2 Å². The fraction of sp³-hybridized carbons (Fsp3) is 0.600. The second kappa shape index (κ2) is 6.18. The average Bonchev–Trinajstić information content (AvgIpc) is 2.28. The lowest BCUT2D eigenvalue weighted by Crippen LogP contribution is -2.17. The van der Waals surface area contributed by atoms with Gasteiger partial charge in [-0.2, -0.15) is 0 Å². The number of rotatable bonds is 6. The molecule has 1 fully saturated rings. The van der Waals surface area contributed by atoms with E-state index in [9.17, 15) is 0 Å². The summed E-state index contributed by atoms with van der Waals surface area (Å²) in [5.41, 5.74) is 9.14. The van der Waals surface area contributed by atoms with E-state index in [0.29, 0.717) is 0 Å². The van der Waals surface area contributed by atoms with Crippen LogP contribution in [-0.4, -0.2) is 13.7 Å². The SMILES string of the molecule is COCCCC(N)c1ccccc1C1CCC1. The minimum absolute atomic E-state index is 0.168. The third kappa shape index (κ3) is 3.08. The van der Waals surface area contributed by atoms with Crippen molar-refractivity contribution in [3.8, 4) is 0 Å². The van der Waals surface area contributed by atoms with Crippen LogP contribution >= 0.6 is 0 Å². The summed E-state index contributed by atoms with van der Waals surface area (Å²) >= 11 is 0. The highest BCUT2D eigenvalue weighted by atomic mass is 16.5. The van der Waals surface area contributed by atoms with Gasteiger partial charge in [0, 0.05) is 19.8 Å². The van der Waals surface area contributed by atoms with Crippen molar-refractivity contribution in [1.82, 2.24) is 0 Å². The highest BCUT2D eigenvalue weighted by Gasteiger charge is 2.23. The maximum absolute atomic E-state index is 6.30. The zero-order valence-electron chi connectivity index (χ0n) is 10.7. The van der Waals surface area contributed by atoms with Gasteiger partial charge in [-0.15, -0.1) is 0 Å². The van der Waals surface area contributed by atoms with Crippen LogP contribution in [0.3, 0.4) is 0 Å². The van der Waals surface area contributed by atoms with Gasteiger partial charge in [0.15, 0.2) is 0 Å². The van der Waals surface area contributed by atoms with Gasteiger partial charge in [0.1, 0.15) is 0 Å².